The molecule has 5 heteroatoms. The lowest BCUT2D eigenvalue weighted by Gasteiger charge is -2.30. The Morgan fingerprint density at radius 3 is 2.60 bits per heavy atom. The molecule has 5 nitrogen and oxygen atoms in total. The number of aromatic nitrogens is 3. The van der Waals surface area contributed by atoms with Gasteiger partial charge in [0.15, 0.2) is 11.3 Å². The number of nitrogens with zero attached hydrogens (tertiary/aromatic N) is 5. The van der Waals surface area contributed by atoms with Gasteiger partial charge in [0.05, 0.1) is 16.7 Å². The van der Waals surface area contributed by atoms with Crippen LogP contribution in [-0.4, -0.2) is 27.5 Å². The molecular weight excluding hydrogens is 310 g/mol. The second-order valence-electron chi connectivity index (χ2n) is 6.52. The smallest absolute Gasteiger partial charge is 0.178 e. The molecule has 0 atom stereocenters. The van der Waals surface area contributed by atoms with E-state index >= 15 is 0 Å². The number of anilines is 1. The quantitative estimate of drug-likeness (QED) is 0.532. The summed E-state index contributed by atoms with van der Waals surface area (Å²) < 4.78 is 2.07. The van der Waals surface area contributed by atoms with E-state index in [2.05, 4.69) is 32.5 Å². The molecule has 4 aromatic rings. The lowest BCUT2D eigenvalue weighted by molar-refractivity contribution is 0.578. The highest BCUT2D eigenvalue weighted by Gasteiger charge is 2.23. The fourth-order valence-corrected chi connectivity index (χ4v) is 3.98. The van der Waals surface area contributed by atoms with Crippen LogP contribution >= 0.6 is 0 Å². The second-order valence-corrected chi connectivity index (χ2v) is 6.52. The number of para-hydroxylation sites is 1. The number of rotatable bonds is 1. The topological polar surface area (TPSA) is 57.2 Å². The van der Waals surface area contributed by atoms with Crippen molar-refractivity contribution in [2.24, 2.45) is 0 Å². The number of nitriles is 1. The molecule has 25 heavy (non-hydrogen) atoms. The lowest BCUT2D eigenvalue weighted by Crippen LogP contribution is -2.30. The van der Waals surface area contributed by atoms with Crippen molar-refractivity contribution in [2.75, 3.05) is 18.0 Å². The monoisotopic (exact) mass is 327 g/mol. The van der Waals surface area contributed by atoms with Crippen LogP contribution < -0.4 is 4.90 Å². The zero-order valence-electron chi connectivity index (χ0n) is 13.8. The van der Waals surface area contributed by atoms with Gasteiger partial charge in [-0.3, -0.25) is 4.40 Å². The Balaban J connectivity index is 1.99. The Labute approximate surface area is 145 Å². The SMILES string of the molecule is N#Cc1c(N2CCCCC2)c2ccccc2n2c1nc1ncccc12. The Hall–Kier alpha value is -3.13. The second kappa shape index (κ2) is 5.45. The summed E-state index contributed by atoms with van der Waals surface area (Å²) in [6.45, 7) is 1.99. The van der Waals surface area contributed by atoms with E-state index < -0.39 is 0 Å². The van der Waals surface area contributed by atoms with Gasteiger partial charge in [-0.25, -0.2) is 9.97 Å². The van der Waals surface area contributed by atoms with Crippen LogP contribution in [0, 0.1) is 11.3 Å². The first-order chi connectivity index (χ1) is 12.4. The molecule has 122 valence electrons. The number of hydrogen-bond acceptors (Lipinski definition) is 4. The summed E-state index contributed by atoms with van der Waals surface area (Å²) in [5, 5.41) is 11.1. The van der Waals surface area contributed by atoms with Gasteiger partial charge in [-0.1, -0.05) is 18.2 Å². The molecule has 1 saturated heterocycles. The summed E-state index contributed by atoms with van der Waals surface area (Å²) in [6.07, 6.45) is 5.34. The van der Waals surface area contributed by atoms with Gasteiger partial charge in [0.1, 0.15) is 11.6 Å². The van der Waals surface area contributed by atoms with E-state index in [-0.39, 0.29) is 0 Å². The van der Waals surface area contributed by atoms with Crippen LogP contribution in [0.4, 0.5) is 5.69 Å². The third kappa shape index (κ3) is 2.01. The molecule has 0 bridgehead atoms. The first kappa shape index (κ1) is 14.2. The molecule has 0 aliphatic carbocycles. The molecule has 0 N–H and O–H groups in total. The fraction of sp³-hybridized carbons (Fsp3) is 0.250. The molecule has 1 aliphatic heterocycles. The summed E-state index contributed by atoms with van der Waals surface area (Å²) in [7, 11) is 0. The minimum atomic E-state index is 0.651. The summed E-state index contributed by atoms with van der Waals surface area (Å²) in [5.74, 6) is 0. The van der Waals surface area contributed by atoms with Gasteiger partial charge in [-0.15, -0.1) is 0 Å². The predicted molar refractivity (Wildman–Crippen MR) is 98.8 cm³/mol. The molecule has 3 aromatic heterocycles. The van der Waals surface area contributed by atoms with E-state index in [1.54, 1.807) is 6.20 Å². The van der Waals surface area contributed by atoms with Crippen molar-refractivity contribution in [2.45, 2.75) is 19.3 Å². The van der Waals surface area contributed by atoms with Crippen LogP contribution in [0.2, 0.25) is 0 Å². The van der Waals surface area contributed by atoms with E-state index in [1.165, 1.54) is 19.3 Å². The molecular formula is C20H17N5. The number of hydrogen-bond donors (Lipinski definition) is 0. The van der Waals surface area contributed by atoms with Gasteiger partial charge < -0.3 is 4.90 Å². The van der Waals surface area contributed by atoms with Crippen molar-refractivity contribution >= 4 is 33.4 Å². The van der Waals surface area contributed by atoms with Crippen molar-refractivity contribution in [3.8, 4) is 6.07 Å². The molecule has 4 heterocycles. The Morgan fingerprint density at radius 1 is 0.960 bits per heavy atom. The van der Waals surface area contributed by atoms with Gasteiger partial charge in [0, 0.05) is 24.7 Å². The van der Waals surface area contributed by atoms with Crippen LogP contribution in [0.15, 0.2) is 42.6 Å². The van der Waals surface area contributed by atoms with Crippen molar-refractivity contribution in [3.05, 3.63) is 48.2 Å². The van der Waals surface area contributed by atoms with E-state index in [4.69, 9.17) is 4.98 Å². The van der Waals surface area contributed by atoms with E-state index in [0.29, 0.717) is 16.9 Å². The summed E-state index contributed by atoms with van der Waals surface area (Å²) in [4.78, 5) is 11.4. The molecule has 1 fully saturated rings. The lowest BCUT2D eigenvalue weighted by atomic mass is 10.0. The number of imidazole rings is 1. The van der Waals surface area contributed by atoms with Crippen LogP contribution in [0.3, 0.4) is 0 Å². The fourth-order valence-electron chi connectivity index (χ4n) is 3.98. The number of pyridine rings is 2. The highest BCUT2D eigenvalue weighted by Crippen LogP contribution is 2.36. The molecule has 1 aliphatic rings. The van der Waals surface area contributed by atoms with Gasteiger partial charge in [0.25, 0.3) is 0 Å². The predicted octanol–water partition coefficient (Wildman–Crippen LogP) is 3.90. The maximum Gasteiger partial charge on any atom is 0.178 e. The van der Waals surface area contributed by atoms with Crippen molar-refractivity contribution < 1.29 is 0 Å². The van der Waals surface area contributed by atoms with Crippen LogP contribution in [0.1, 0.15) is 24.8 Å². The third-order valence-electron chi connectivity index (χ3n) is 5.08. The first-order valence-corrected chi connectivity index (χ1v) is 8.71. The average Bonchev–Trinajstić information content (AvgIpc) is 3.07. The van der Waals surface area contributed by atoms with Gasteiger partial charge in [0.2, 0.25) is 0 Å². The minimum absolute atomic E-state index is 0.651. The molecule has 5 rings (SSSR count). The van der Waals surface area contributed by atoms with Crippen molar-refractivity contribution in [3.63, 3.8) is 0 Å². The normalized spacial score (nSPS) is 15.1. The molecule has 0 spiro atoms. The van der Waals surface area contributed by atoms with Gasteiger partial charge in [-0.2, -0.15) is 5.26 Å². The van der Waals surface area contributed by atoms with Crippen LogP contribution in [0.5, 0.6) is 0 Å². The standard InChI is InChI=1S/C20H17N5/c21-13-15-18(24-11-4-1-5-12-24)14-7-2-3-8-16(14)25-17-9-6-10-22-19(17)23-20(15)25/h2-3,6-10H,1,4-5,11-12H2. The number of benzene rings is 1. The van der Waals surface area contributed by atoms with Gasteiger partial charge >= 0.3 is 0 Å². The zero-order chi connectivity index (χ0) is 16.8. The average molecular weight is 327 g/mol. The first-order valence-electron chi connectivity index (χ1n) is 8.71. The molecule has 0 amide bonds. The summed E-state index contributed by atoms with van der Waals surface area (Å²) in [5.41, 5.74) is 5.08. The largest absolute Gasteiger partial charge is 0.370 e. The summed E-state index contributed by atoms with van der Waals surface area (Å²) >= 11 is 0. The third-order valence-corrected chi connectivity index (χ3v) is 5.08. The maximum atomic E-state index is 9.98. The van der Waals surface area contributed by atoms with Crippen LogP contribution in [0.25, 0.3) is 27.7 Å². The minimum Gasteiger partial charge on any atom is -0.370 e. The maximum absolute atomic E-state index is 9.98. The highest BCUT2D eigenvalue weighted by molar-refractivity contribution is 6.02. The highest BCUT2D eigenvalue weighted by atomic mass is 15.2. The van der Waals surface area contributed by atoms with E-state index in [9.17, 15) is 5.26 Å². The Kier molecular flexibility index (Phi) is 3.10. The molecule has 0 radical (unpaired) electrons. The van der Waals surface area contributed by atoms with Crippen LogP contribution in [-0.2, 0) is 0 Å². The molecule has 0 saturated carbocycles. The molecule has 0 unspecified atom stereocenters. The number of piperidine rings is 1. The van der Waals surface area contributed by atoms with E-state index in [1.807, 2.05) is 24.3 Å². The Morgan fingerprint density at radius 2 is 1.76 bits per heavy atom. The van der Waals surface area contributed by atoms with Gasteiger partial charge in [-0.05, 0) is 37.5 Å². The van der Waals surface area contributed by atoms with E-state index in [0.717, 1.165) is 35.2 Å². The van der Waals surface area contributed by atoms with Crippen molar-refractivity contribution in [1.29, 1.82) is 5.26 Å². The summed E-state index contributed by atoms with van der Waals surface area (Å²) in [6, 6.07) is 14.7. The Bertz CT molecular complexity index is 1150. The van der Waals surface area contributed by atoms with Crippen molar-refractivity contribution in [1.82, 2.24) is 14.4 Å². The zero-order valence-corrected chi connectivity index (χ0v) is 13.8. The molecule has 1 aromatic carbocycles. The number of fused-ring (bicyclic) bond motifs is 5.